The molecular formula is C16H14FN5O3. The van der Waals surface area contributed by atoms with Crippen LogP contribution in [0, 0.1) is 5.82 Å². The lowest BCUT2D eigenvalue weighted by Gasteiger charge is -2.04. The summed E-state index contributed by atoms with van der Waals surface area (Å²) < 4.78 is 13.8. The Morgan fingerprint density at radius 2 is 1.88 bits per heavy atom. The number of carbonyl (C=O) groups excluding carboxylic acids is 1. The normalized spacial score (nSPS) is 10.6. The first-order valence-corrected chi connectivity index (χ1v) is 7.35. The van der Waals surface area contributed by atoms with Crippen LogP contribution in [0.3, 0.4) is 0 Å². The third-order valence-corrected chi connectivity index (χ3v) is 3.33. The van der Waals surface area contributed by atoms with Crippen LogP contribution in [-0.2, 0) is 6.42 Å². The highest BCUT2D eigenvalue weighted by Crippen LogP contribution is 2.17. The molecule has 2 heterocycles. The number of hydrogen-bond acceptors (Lipinski definition) is 6. The molecule has 0 spiro atoms. The van der Waals surface area contributed by atoms with Gasteiger partial charge in [-0.05, 0) is 24.1 Å². The number of halogens is 1. The maximum atomic E-state index is 12.9. The Morgan fingerprint density at radius 3 is 2.52 bits per heavy atom. The van der Waals surface area contributed by atoms with Gasteiger partial charge in [0, 0.05) is 18.4 Å². The van der Waals surface area contributed by atoms with Crippen LogP contribution in [0.1, 0.15) is 16.1 Å². The van der Waals surface area contributed by atoms with Gasteiger partial charge >= 0.3 is 0 Å². The van der Waals surface area contributed by atoms with E-state index in [0.717, 1.165) is 28.7 Å². The summed E-state index contributed by atoms with van der Waals surface area (Å²) >= 11 is 0. The van der Waals surface area contributed by atoms with E-state index >= 15 is 0 Å². The fraction of sp³-hybridized carbons (Fsp3) is 0.125. The van der Waals surface area contributed by atoms with Crippen molar-refractivity contribution in [2.24, 2.45) is 0 Å². The van der Waals surface area contributed by atoms with Gasteiger partial charge in [0.2, 0.25) is 5.88 Å². The molecule has 2 aromatic heterocycles. The molecule has 0 unspecified atom stereocenters. The zero-order chi connectivity index (χ0) is 17.8. The van der Waals surface area contributed by atoms with E-state index < -0.39 is 11.7 Å². The van der Waals surface area contributed by atoms with E-state index in [9.17, 15) is 14.3 Å². The second kappa shape index (κ2) is 7.05. The van der Waals surface area contributed by atoms with Crippen LogP contribution >= 0.6 is 0 Å². The summed E-state index contributed by atoms with van der Waals surface area (Å²) in [6, 6.07) is 8.12. The van der Waals surface area contributed by atoms with Gasteiger partial charge in [0.05, 0.1) is 12.4 Å². The Hall–Kier alpha value is -3.33. The van der Waals surface area contributed by atoms with Crippen LogP contribution in [0.2, 0.25) is 0 Å². The minimum Gasteiger partial charge on any atom is -0.493 e. The van der Waals surface area contributed by atoms with Gasteiger partial charge in [-0.1, -0.05) is 12.1 Å². The van der Waals surface area contributed by atoms with E-state index in [4.69, 9.17) is 5.11 Å². The number of aliphatic hydroxyl groups excluding tert-OH is 1. The molecule has 0 saturated carbocycles. The Morgan fingerprint density at radius 1 is 1.20 bits per heavy atom. The lowest BCUT2D eigenvalue weighted by Crippen LogP contribution is -2.13. The first-order chi connectivity index (χ1) is 12.1. The van der Waals surface area contributed by atoms with Crippen LogP contribution in [0.25, 0.3) is 5.95 Å². The van der Waals surface area contributed by atoms with Crippen molar-refractivity contribution in [3.63, 3.8) is 0 Å². The predicted molar refractivity (Wildman–Crippen MR) is 86.0 cm³/mol. The largest absolute Gasteiger partial charge is 0.493 e. The molecule has 0 fully saturated rings. The number of aromatic hydroxyl groups is 1. The van der Waals surface area contributed by atoms with E-state index in [1.165, 1.54) is 0 Å². The van der Waals surface area contributed by atoms with Crippen LogP contribution in [0.4, 0.5) is 10.1 Å². The minimum atomic E-state index is -0.627. The quantitative estimate of drug-likeness (QED) is 0.643. The molecule has 8 nitrogen and oxygen atoms in total. The number of aromatic nitrogens is 4. The predicted octanol–water partition coefficient (Wildman–Crippen LogP) is 1.29. The van der Waals surface area contributed by atoms with E-state index in [-0.39, 0.29) is 24.1 Å². The van der Waals surface area contributed by atoms with Gasteiger partial charge < -0.3 is 15.5 Å². The molecule has 0 aliphatic rings. The van der Waals surface area contributed by atoms with Gasteiger partial charge in [0.1, 0.15) is 0 Å². The molecule has 0 bridgehead atoms. The molecule has 1 amide bonds. The Kier molecular flexibility index (Phi) is 4.66. The van der Waals surface area contributed by atoms with Crippen molar-refractivity contribution in [1.82, 2.24) is 19.7 Å². The van der Waals surface area contributed by atoms with Gasteiger partial charge in [-0.2, -0.15) is 9.78 Å². The van der Waals surface area contributed by atoms with Crippen LogP contribution in [-0.4, -0.2) is 42.5 Å². The van der Waals surface area contributed by atoms with Gasteiger partial charge in [0.25, 0.3) is 11.9 Å². The van der Waals surface area contributed by atoms with Crippen LogP contribution in [0.15, 0.2) is 42.7 Å². The molecule has 128 valence electrons. The number of nitrogens with zero attached hydrogens (tertiary/aromatic N) is 4. The highest BCUT2D eigenvalue weighted by atomic mass is 19.1. The third kappa shape index (κ3) is 3.78. The highest BCUT2D eigenvalue weighted by Gasteiger charge is 2.16. The monoisotopic (exact) mass is 343 g/mol. The first-order valence-electron chi connectivity index (χ1n) is 7.35. The van der Waals surface area contributed by atoms with Crippen molar-refractivity contribution in [1.29, 1.82) is 0 Å². The summed E-state index contributed by atoms with van der Waals surface area (Å²) in [6.07, 6.45) is 2.39. The minimum absolute atomic E-state index is 0.0495. The Labute approximate surface area is 141 Å². The zero-order valence-corrected chi connectivity index (χ0v) is 12.9. The number of carbonyl (C=O) groups is 1. The first kappa shape index (κ1) is 16.5. The Balaban J connectivity index is 1.76. The topological polar surface area (TPSA) is 113 Å². The van der Waals surface area contributed by atoms with E-state index in [1.807, 2.05) is 0 Å². The van der Waals surface area contributed by atoms with Crippen molar-refractivity contribution in [3.05, 3.63) is 59.8 Å². The molecule has 0 aliphatic heterocycles. The molecule has 0 aliphatic carbocycles. The van der Waals surface area contributed by atoms with Gasteiger partial charge in [-0.15, -0.1) is 0 Å². The maximum Gasteiger partial charge on any atom is 0.276 e. The fourth-order valence-corrected chi connectivity index (χ4v) is 2.12. The van der Waals surface area contributed by atoms with Crippen molar-refractivity contribution in [2.45, 2.75) is 6.42 Å². The summed E-state index contributed by atoms with van der Waals surface area (Å²) in [5, 5.41) is 25.3. The average Bonchev–Trinajstić information content (AvgIpc) is 3.00. The maximum absolute atomic E-state index is 12.9. The Bertz CT molecular complexity index is 878. The third-order valence-electron chi connectivity index (χ3n) is 3.33. The number of aliphatic hydroxyl groups is 1. The molecule has 0 atom stereocenters. The molecule has 25 heavy (non-hydrogen) atoms. The standard InChI is InChI=1S/C16H14FN5O3/c17-11-8-18-16(19-9-11)22-14(24)7-13(21-22)15(25)20-12-3-1-10(2-4-12)5-6-23/h1-4,7-9,23-24H,5-6H2,(H,20,25). The molecule has 1 aromatic carbocycles. The average molecular weight is 343 g/mol. The lowest BCUT2D eigenvalue weighted by molar-refractivity contribution is 0.102. The number of rotatable bonds is 5. The summed E-state index contributed by atoms with van der Waals surface area (Å²) in [5.74, 6) is -1.58. The summed E-state index contributed by atoms with van der Waals surface area (Å²) in [6.45, 7) is 0.0495. The number of nitrogens with one attached hydrogen (secondary N) is 1. The van der Waals surface area contributed by atoms with Crippen molar-refractivity contribution in [2.75, 3.05) is 11.9 Å². The number of hydrogen-bond donors (Lipinski definition) is 3. The van der Waals surface area contributed by atoms with Gasteiger partial charge in [-0.3, -0.25) is 4.79 Å². The summed E-state index contributed by atoms with van der Waals surface area (Å²) in [7, 11) is 0. The number of amides is 1. The van der Waals surface area contributed by atoms with Crippen molar-refractivity contribution < 1.29 is 19.4 Å². The summed E-state index contributed by atoms with van der Waals surface area (Å²) in [4.78, 5) is 19.6. The van der Waals surface area contributed by atoms with Crippen LogP contribution < -0.4 is 5.32 Å². The zero-order valence-electron chi connectivity index (χ0n) is 12.9. The van der Waals surface area contributed by atoms with E-state index in [2.05, 4.69) is 20.4 Å². The highest BCUT2D eigenvalue weighted by molar-refractivity contribution is 6.03. The fourth-order valence-electron chi connectivity index (χ4n) is 2.12. The molecule has 3 N–H and O–H groups in total. The SMILES string of the molecule is O=C(Nc1ccc(CCO)cc1)c1cc(O)n(-c2ncc(F)cn2)n1. The number of anilines is 1. The lowest BCUT2D eigenvalue weighted by atomic mass is 10.1. The molecular weight excluding hydrogens is 329 g/mol. The molecule has 0 saturated heterocycles. The molecule has 3 aromatic rings. The second-order valence-electron chi connectivity index (χ2n) is 5.13. The van der Waals surface area contributed by atoms with Crippen molar-refractivity contribution >= 4 is 11.6 Å². The van der Waals surface area contributed by atoms with Crippen LogP contribution in [0.5, 0.6) is 5.88 Å². The van der Waals surface area contributed by atoms with Crippen molar-refractivity contribution in [3.8, 4) is 11.8 Å². The molecule has 9 heteroatoms. The smallest absolute Gasteiger partial charge is 0.276 e. The van der Waals surface area contributed by atoms with E-state index in [1.54, 1.807) is 24.3 Å². The summed E-state index contributed by atoms with van der Waals surface area (Å²) in [5.41, 5.74) is 1.43. The molecule has 0 radical (unpaired) electrons. The number of benzene rings is 1. The second-order valence-corrected chi connectivity index (χ2v) is 5.13. The van der Waals surface area contributed by atoms with Gasteiger partial charge in [0.15, 0.2) is 11.5 Å². The molecule has 3 rings (SSSR count). The van der Waals surface area contributed by atoms with Gasteiger partial charge in [-0.25, -0.2) is 14.4 Å². The van der Waals surface area contributed by atoms with E-state index in [0.29, 0.717) is 12.1 Å².